The van der Waals surface area contributed by atoms with Gasteiger partial charge in [-0.25, -0.2) is 0 Å². The second kappa shape index (κ2) is 7.08. The quantitative estimate of drug-likeness (QED) is 0.658. The molecule has 0 spiro atoms. The van der Waals surface area contributed by atoms with Gasteiger partial charge in [0.2, 0.25) is 5.95 Å². The molecular formula is C19H21F3N6O3. The summed E-state index contributed by atoms with van der Waals surface area (Å²) in [6.07, 6.45) is -2.67. The van der Waals surface area contributed by atoms with Crippen LogP contribution in [0.3, 0.4) is 0 Å². The Balaban J connectivity index is 1.55. The molecule has 31 heavy (non-hydrogen) atoms. The van der Waals surface area contributed by atoms with Gasteiger partial charge in [-0.1, -0.05) is 0 Å². The van der Waals surface area contributed by atoms with Crippen LogP contribution >= 0.6 is 0 Å². The molecule has 2 aromatic rings. The molecule has 3 atom stereocenters. The predicted octanol–water partition coefficient (Wildman–Crippen LogP) is 0.978. The van der Waals surface area contributed by atoms with Crippen molar-refractivity contribution in [3.8, 4) is 0 Å². The average Bonchev–Trinajstić information content (AvgIpc) is 3.44. The van der Waals surface area contributed by atoms with Crippen LogP contribution in [0.5, 0.6) is 0 Å². The Morgan fingerprint density at radius 2 is 2.16 bits per heavy atom. The summed E-state index contributed by atoms with van der Waals surface area (Å²) in [5, 5.41) is 3.91. The molecule has 9 nitrogen and oxygen atoms in total. The van der Waals surface area contributed by atoms with Gasteiger partial charge in [0, 0.05) is 32.4 Å². The number of hydrogen-bond acceptors (Lipinski definition) is 7. The maximum atomic E-state index is 13.9. The lowest BCUT2D eigenvalue weighted by atomic mass is 10.1. The Bertz CT molecular complexity index is 1080. The van der Waals surface area contributed by atoms with E-state index in [2.05, 4.69) is 10.1 Å². The van der Waals surface area contributed by atoms with Gasteiger partial charge >= 0.3 is 6.18 Å². The number of carbonyl (C=O) groups excluding carboxylic acids is 1. The zero-order valence-corrected chi connectivity index (χ0v) is 16.7. The molecule has 0 N–H and O–H groups in total. The maximum absolute atomic E-state index is 13.9. The summed E-state index contributed by atoms with van der Waals surface area (Å²) >= 11 is 0. The fourth-order valence-electron chi connectivity index (χ4n) is 4.69. The number of fused-ring (bicyclic) bond motifs is 3. The highest BCUT2D eigenvalue weighted by atomic mass is 19.4. The lowest BCUT2D eigenvalue weighted by Gasteiger charge is -2.39. The van der Waals surface area contributed by atoms with Gasteiger partial charge in [-0.3, -0.25) is 18.8 Å². The number of alkyl halides is 3. The fourth-order valence-corrected chi connectivity index (χ4v) is 4.69. The van der Waals surface area contributed by atoms with Crippen LogP contribution in [0, 0.1) is 0 Å². The first kappa shape index (κ1) is 20.0. The monoisotopic (exact) mass is 438 g/mol. The Labute approximate surface area is 175 Å². The molecule has 5 heterocycles. The number of carbonyl (C=O) groups is 1. The molecule has 5 rings (SSSR count). The third-order valence-corrected chi connectivity index (χ3v) is 6.23. The zero-order chi connectivity index (χ0) is 21.9. The van der Waals surface area contributed by atoms with Gasteiger partial charge in [0.15, 0.2) is 5.78 Å². The molecule has 2 bridgehead atoms. The van der Waals surface area contributed by atoms with Crippen LogP contribution < -0.4 is 15.4 Å². The Kier molecular flexibility index (Phi) is 4.57. The number of morpholine rings is 1. The van der Waals surface area contributed by atoms with Crippen molar-refractivity contribution < 1.29 is 22.7 Å². The van der Waals surface area contributed by atoms with Crippen LogP contribution in [-0.2, 0) is 18.3 Å². The van der Waals surface area contributed by atoms with Crippen LogP contribution in [0.1, 0.15) is 23.3 Å². The predicted molar refractivity (Wildman–Crippen MR) is 103 cm³/mol. The van der Waals surface area contributed by atoms with Gasteiger partial charge < -0.3 is 14.5 Å². The number of halogens is 3. The summed E-state index contributed by atoms with van der Waals surface area (Å²) in [6.45, 7) is 0.363. The highest BCUT2D eigenvalue weighted by Gasteiger charge is 2.48. The van der Waals surface area contributed by atoms with Crippen molar-refractivity contribution in [2.75, 3.05) is 29.5 Å². The highest BCUT2D eigenvalue weighted by molar-refractivity contribution is 5.97. The normalized spacial score (nSPS) is 25.2. The topological polar surface area (TPSA) is 85.5 Å². The molecule has 2 fully saturated rings. The Morgan fingerprint density at radius 1 is 1.35 bits per heavy atom. The van der Waals surface area contributed by atoms with Crippen molar-refractivity contribution in [2.45, 2.75) is 43.8 Å². The van der Waals surface area contributed by atoms with Crippen LogP contribution in [0.4, 0.5) is 24.9 Å². The zero-order valence-electron chi connectivity index (χ0n) is 16.7. The van der Waals surface area contributed by atoms with Gasteiger partial charge in [0.05, 0.1) is 25.3 Å². The second-order valence-corrected chi connectivity index (χ2v) is 8.14. The summed E-state index contributed by atoms with van der Waals surface area (Å²) in [5.74, 6) is -0.334. The lowest BCUT2D eigenvalue weighted by Crippen LogP contribution is -2.54. The molecule has 0 saturated carbocycles. The van der Waals surface area contributed by atoms with E-state index < -0.39 is 30.1 Å². The fraction of sp³-hybridized carbons (Fsp3) is 0.579. The molecule has 166 valence electrons. The Morgan fingerprint density at radius 3 is 2.77 bits per heavy atom. The summed E-state index contributed by atoms with van der Waals surface area (Å²) in [7, 11) is 1.55. The molecule has 2 aromatic heterocycles. The molecule has 3 aliphatic heterocycles. The van der Waals surface area contributed by atoms with E-state index in [4.69, 9.17) is 4.74 Å². The van der Waals surface area contributed by atoms with Crippen molar-refractivity contribution in [1.29, 1.82) is 0 Å². The van der Waals surface area contributed by atoms with Gasteiger partial charge in [0.1, 0.15) is 17.6 Å². The van der Waals surface area contributed by atoms with Gasteiger partial charge in [-0.2, -0.15) is 23.3 Å². The van der Waals surface area contributed by atoms with Crippen molar-refractivity contribution in [1.82, 2.24) is 19.3 Å². The van der Waals surface area contributed by atoms with Crippen LogP contribution in [0.2, 0.25) is 0 Å². The number of nitrogens with zero attached hydrogens (tertiary/aromatic N) is 6. The summed E-state index contributed by atoms with van der Waals surface area (Å²) in [5.41, 5.74) is -0.243. The molecule has 2 saturated heterocycles. The lowest BCUT2D eigenvalue weighted by molar-refractivity contribution is -0.152. The van der Waals surface area contributed by atoms with E-state index in [0.29, 0.717) is 19.0 Å². The molecular weight excluding hydrogens is 417 g/mol. The van der Waals surface area contributed by atoms with Crippen molar-refractivity contribution in [3.05, 3.63) is 34.4 Å². The number of aryl methyl sites for hydroxylation is 1. The molecule has 0 radical (unpaired) electrons. The van der Waals surface area contributed by atoms with Crippen molar-refractivity contribution in [2.24, 2.45) is 7.05 Å². The summed E-state index contributed by atoms with van der Waals surface area (Å²) in [6, 6.07) is 0.947. The minimum absolute atomic E-state index is 0.0380. The van der Waals surface area contributed by atoms with Crippen LogP contribution in [-0.4, -0.2) is 69.2 Å². The smallest absolute Gasteiger partial charge is 0.374 e. The summed E-state index contributed by atoms with van der Waals surface area (Å²) in [4.78, 5) is 32.9. The number of rotatable bonds is 4. The standard InChI is InChI=1S/C19H21F3N6O3/c1-25-13(2-4-23-25)14(29)9-28-15(19(20,21)22)3-5-26-17(30)7-16(24-18(26)28)27-8-12-6-11(27)10-31-12/h2,4,7,11-12,15H,3,5-6,8-10H2,1H3/t11?,12?,15-/m0/s1. The minimum Gasteiger partial charge on any atom is -0.374 e. The first-order chi connectivity index (χ1) is 14.7. The maximum Gasteiger partial charge on any atom is 0.408 e. The minimum atomic E-state index is -4.58. The van der Waals surface area contributed by atoms with Gasteiger partial charge in [0.25, 0.3) is 5.56 Å². The van der Waals surface area contributed by atoms with E-state index in [9.17, 15) is 22.8 Å². The number of aromatic nitrogens is 4. The van der Waals surface area contributed by atoms with Crippen molar-refractivity contribution >= 4 is 17.5 Å². The number of hydrogen-bond donors (Lipinski definition) is 0. The molecule has 0 aliphatic carbocycles. The Hall–Kier alpha value is -2.89. The second-order valence-electron chi connectivity index (χ2n) is 8.14. The van der Waals surface area contributed by atoms with E-state index in [1.54, 1.807) is 7.05 Å². The number of Topliss-reactive ketones (excluding diaryl/α,β-unsaturated/α-hetero) is 1. The number of anilines is 2. The first-order valence-electron chi connectivity index (χ1n) is 10.1. The third-order valence-electron chi connectivity index (χ3n) is 6.23. The number of ketones is 1. The van der Waals surface area contributed by atoms with Crippen molar-refractivity contribution in [3.63, 3.8) is 0 Å². The number of ether oxygens (including phenoxy) is 1. The van der Waals surface area contributed by atoms with E-state index in [1.165, 1.54) is 27.6 Å². The largest absolute Gasteiger partial charge is 0.408 e. The van der Waals surface area contributed by atoms with Gasteiger partial charge in [-0.15, -0.1) is 0 Å². The van der Waals surface area contributed by atoms with E-state index in [1.807, 2.05) is 4.90 Å². The van der Waals surface area contributed by atoms with Crippen LogP contribution in [0.15, 0.2) is 23.1 Å². The summed E-state index contributed by atoms with van der Waals surface area (Å²) < 4.78 is 49.7. The molecule has 12 heteroatoms. The van der Waals surface area contributed by atoms with Gasteiger partial charge in [-0.05, 0) is 18.9 Å². The van der Waals surface area contributed by atoms with E-state index >= 15 is 0 Å². The van der Waals surface area contributed by atoms with E-state index in [-0.39, 0.29) is 36.8 Å². The third kappa shape index (κ3) is 3.38. The van der Waals surface area contributed by atoms with Crippen LogP contribution in [0.25, 0.3) is 0 Å². The molecule has 3 aliphatic rings. The molecule has 2 unspecified atom stereocenters. The highest BCUT2D eigenvalue weighted by Crippen LogP contribution is 2.36. The molecule has 0 amide bonds. The molecule has 0 aromatic carbocycles. The SMILES string of the molecule is Cn1nccc1C(=O)CN1c2nc(N3CC4CC3CO4)cc(=O)n2CC[C@H]1C(F)(F)F. The average molecular weight is 438 g/mol. The first-order valence-corrected chi connectivity index (χ1v) is 10.1. The van der Waals surface area contributed by atoms with E-state index in [0.717, 1.165) is 11.3 Å².